The van der Waals surface area contributed by atoms with Crippen LogP contribution in [0.1, 0.15) is 18.4 Å². The van der Waals surface area contributed by atoms with Gasteiger partial charge in [-0.1, -0.05) is 12.1 Å². The van der Waals surface area contributed by atoms with Crippen molar-refractivity contribution in [2.45, 2.75) is 18.3 Å². The van der Waals surface area contributed by atoms with Crippen LogP contribution < -0.4 is 0 Å². The van der Waals surface area contributed by atoms with E-state index in [-0.39, 0.29) is 0 Å². The second kappa shape index (κ2) is 4.86. The molecule has 2 aliphatic rings. The molecule has 0 amide bonds. The molecule has 1 aromatic rings. The van der Waals surface area contributed by atoms with Gasteiger partial charge in [-0.05, 0) is 53.1 Å². The van der Waals surface area contributed by atoms with Crippen LogP contribution in [-0.4, -0.2) is 37.7 Å². The lowest BCUT2D eigenvalue weighted by molar-refractivity contribution is 0.0336. The molecule has 1 saturated carbocycles. The Hall–Kier alpha value is -0.130. The van der Waals surface area contributed by atoms with E-state index in [1.807, 2.05) is 0 Å². The highest BCUT2D eigenvalue weighted by molar-refractivity contribution is 14.1. The molecular formula is C14H18INO. The van der Waals surface area contributed by atoms with Crippen molar-refractivity contribution in [3.63, 3.8) is 0 Å². The zero-order valence-electron chi connectivity index (χ0n) is 9.99. The maximum Gasteiger partial charge on any atom is 0.0594 e. The molecule has 92 valence electrons. The predicted molar refractivity (Wildman–Crippen MR) is 77.3 cm³/mol. The lowest BCUT2D eigenvalue weighted by Crippen LogP contribution is -2.41. The number of ether oxygens (including phenoxy) is 1. The normalized spacial score (nSPS) is 23.6. The fourth-order valence-electron chi connectivity index (χ4n) is 2.68. The highest BCUT2D eigenvalue weighted by atomic mass is 127. The molecule has 3 heteroatoms. The van der Waals surface area contributed by atoms with E-state index >= 15 is 0 Å². The first-order valence-electron chi connectivity index (χ1n) is 6.35. The Kier molecular flexibility index (Phi) is 3.41. The third kappa shape index (κ3) is 2.66. The van der Waals surface area contributed by atoms with E-state index in [0.717, 1.165) is 26.3 Å². The Balaban J connectivity index is 1.70. The summed E-state index contributed by atoms with van der Waals surface area (Å²) in [7, 11) is 0. The smallest absolute Gasteiger partial charge is 0.0594 e. The van der Waals surface area contributed by atoms with E-state index in [1.54, 1.807) is 0 Å². The fraction of sp³-hybridized carbons (Fsp3) is 0.571. The zero-order chi connectivity index (χ0) is 11.7. The van der Waals surface area contributed by atoms with Gasteiger partial charge >= 0.3 is 0 Å². The van der Waals surface area contributed by atoms with E-state index in [2.05, 4.69) is 51.8 Å². The van der Waals surface area contributed by atoms with Gasteiger partial charge in [0, 0.05) is 28.6 Å². The molecule has 2 nitrogen and oxygen atoms in total. The molecule has 0 bridgehead atoms. The summed E-state index contributed by atoms with van der Waals surface area (Å²) in [6, 6.07) is 9.09. The van der Waals surface area contributed by atoms with Gasteiger partial charge in [-0.2, -0.15) is 0 Å². The van der Waals surface area contributed by atoms with E-state index in [4.69, 9.17) is 4.74 Å². The van der Waals surface area contributed by atoms with Crippen molar-refractivity contribution in [1.29, 1.82) is 0 Å². The monoisotopic (exact) mass is 343 g/mol. The number of benzene rings is 1. The summed E-state index contributed by atoms with van der Waals surface area (Å²) < 4.78 is 6.74. The van der Waals surface area contributed by atoms with Crippen LogP contribution in [0, 0.1) is 3.57 Å². The molecule has 2 fully saturated rings. The standard InChI is InChI=1S/C14H18INO/c15-13-3-1-12(2-4-13)14(5-6-14)11-16-7-9-17-10-8-16/h1-4H,5-11H2. The van der Waals surface area contributed by atoms with Crippen LogP contribution >= 0.6 is 22.6 Å². The topological polar surface area (TPSA) is 12.5 Å². The Bertz CT molecular complexity index is 380. The fourth-order valence-corrected chi connectivity index (χ4v) is 3.04. The first kappa shape index (κ1) is 11.9. The molecule has 1 aliphatic carbocycles. The number of morpholine rings is 1. The van der Waals surface area contributed by atoms with Crippen LogP contribution in [0.25, 0.3) is 0 Å². The molecule has 0 spiro atoms. The molecule has 1 aromatic carbocycles. The van der Waals surface area contributed by atoms with Gasteiger partial charge in [0.2, 0.25) is 0 Å². The summed E-state index contributed by atoms with van der Waals surface area (Å²) in [6.07, 6.45) is 2.70. The molecule has 1 aliphatic heterocycles. The summed E-state index contributed by atoms with van der Waals surface area (Å²) in [4.78, 5) is 2.56. The van der Waals surface area contributed by atoms with Crippen molar-refractivity contribution >= 4 is 22.6 Å². The van der Waals surface area contributed by atoms with Crippen molar-refractivity contribution < 1.29 is 4.74 Å². The predicted octanol–water partition coefficient (Wildman–Crippen LogP) is 2.66. The van der Waals surface area contributed by atoms with Crippen molar-refractivity contribution in [3.05, 3.63) is 33.4 Å². The number of hydrogen-bond donors (Lipinski definition) is 0. The first-order chi connectivity index (χ1) is 8.28. The molecule has 0 radical (unpaired) electrons. The maximum atomic E-state index is 5.41. The van der Waals surface area contributed by atoms with Gasteiger partial charge in [-0.15, -0.1) is 0 Å². The molecule has 0 N–H and O–H groups in total. The Morgan fingerprint density at radius 3 is 2.35 bits per heavy atom. The SMILES string of the molecule is Ic1ccc(C2(CN3CCOCC3)CC2)cc1. The van der Waals surface area contributed by atoms with E-state index < -0.39 is 0 Å². The van der Waals surface area contributed by atoms with Crippen LogP contribution in [0.3, 0.4) is 0 Å². The van der Waals surface area contributed by atoms with Crippen LogP contribution in [-0.2, 0) is 10.2 Å². The third-order valence-corrected chi connectivity index (χ3v) is 4.66. The maximum absolute atomic E-state index is 5.41. The molecular weight excluding hydrogens is 325 g/mol. The summed E-state index contributed by atoms with van der Waals surface area (Å²) >= 11 is 2.37. The van der Waals surface area contributed by atoms with Gasteiger partial charge < -0.3 is 4.74 Å². The highest BCUT2D eigenvalue weighted by Crippen LogP contribution is 2.48. The van der Waals surface area contributed by atoms with Crippen molar-refractivity contribution in [2.24, 2.45) is 0 Å². The Morgan fingerprint density at radius 1 is 1.12 bits per heavy atom. The molecule has 1 saturated heterocycles. The molecule has 17 heavy (non-hydrogen) atoms. The summed E-state index contributed by atoms with van der Waals surface area (Å²) in [5.74, 6) is 0. The van der Waals surface area contributed by atoms with Gasteiger partial charge in [-0.3, -0.25) is 4.90 Å². The second-order valence-electron chi connectivity index (χ2n) is 5.18. The van der Waals surface area contributed by atoms with Gasteiger partial charge in [0.25, 0.3) is 0 Å². The van der Waals surface area contributed by atoms with Crippen LogP contribution in [0.2, 0.25) is 0 Å². The highest BCUT2D eigenvalue weighted by Gasteiger charge is 2.45. The van der Waals surface area contributed by atoms with Crippen LogP contribution in [0.15, 0.2) is 24.3 Å². The third-order valence-electron chi connectivity index (χ3n) is 3.94. The van der Waals surface area contributed by atoms with Crippen LogP contribution in [0.5, 0.6) is 0 Å². The van der Waals surface area contributed by atoms with Crippen LogP contribution in [0.4, 0.5) is 0 Å². The lowest BCUT2D eigenvalue weighted by Gasteiger charge is -2.30. The summed E-state index contributed by atoms with van der Waals surface area (Å²) in [5.41, 5.74) is 1.99. The molecule has 0 atom stereocenters. The van der Waals surface area contributed by atoms with Gasteiger partial charge in [-0.25, -0.2) is 0 Å². The van der Waals surface area contributed by atoms with Gasteiger partial charge in [0.1, 0.15) is 0 Å². The average molecular weight is 343 g/mol. The van der Waals surface area contributed by atoms with E-state index in [9.17, 15) is 0 Å². The minimum Gasteiger partial charge on any atom is -0.379 e. The van der Waals surface area contributed by atoms with Gasteiger partial charge in [0.15, 0.2) is 0 Å². The van der Waals surface area contributed by atoms with E-state index in [1.165, 1.54) is 28.5 Å². The minimum atomic E-state index is 0.460. The minimum absolute atomic E-state index is 0.460. The molecule has 0 aromatic heterocycles. The summed E-state index contributed by atoms with van der Waals surface area (Å²) in [5, 5.41) is 0. The number of rotatable bonds is 3. The largest absolute Gasteiger partial charge is 0.379 e. The summed E-state index contributed by atoms with van der Waals surface area (Å²) in [6.45, 7) is 5.24. The zero-order valence-corrected chi connectivity index (χ0v) is 12.2. The van der Waals surface area contributed by atoms with E-state index in [0.29, 0.717) is 5.41 Å². The van der Waals surface area contributed by atoms with Crippen molar-refractivity contribution in [1.82, 2.24) is 4.90 Å². The Labute approximate surface area is 116 Å². The quantitative estimate of drug-likeness (QED) is 0.783. The number of hydrogen-bond acceptors (Lipinski definition) is 2. The average Bonchev–Trinajstić information content (AvgIpc) is 3.12. The first-order valence-corrected chi connectivity index (χ1v) is 7.43. The number of halogens is 1. The molecule has 0 unspecified atom stereocenters. The van der Waals surface area contributed by atoms with Crippen molar-refractivity contribution in [2.75, 3.05) is 32.8 Å². The number of nitrogens with zero attached hydrogens (tertiary/aromatic N) is 1. The Morgan fingerprint density at radius 2 is 1.76 bits per heavy atom. The molecule has 1 heterocycles. The second-order valence-corrected chi connectivity index (χ2v) is 6.42. The molecule has 3 rings (SSSR count). The lowest BCUT2D eigenvalue weighted by atomic mass is 9.95. The van der Waals surface area contributed by atoms with Gasteiger partial charge in [0.05, 0.1) is 13.2 Å². The van der Waals surface area contributed by atoms with Crippen molar-refractivity contribution in [3.8, 4) is 0 Å².